The zero-order chi connectivity index (χ0) is 21.2. The molecule has 7 heteroatoms. The summed E-state index contributed by atoms with van der Waals surface area (Å²) in [4.78, 5) is 27.2. The van der Waals surface area contributed by atoms with E-state index in [0.717, 1.165) is 11.3 Å². The van der Waals surface area contributed by atoms with E-state index in [1.807, 2.05) is 25.3 Å². The van der Waals surface area contributed by atoms with E-state index in [9.17, 15) is 14.0 Å². The van der Waals surface area contributed by atoms with Gasteiger partial charge in [-0.2, -0.15) is 0 Å². The Morgan fingerprint density at radius 2 is 1.93 bits per heavy atom. The van der Waals surface area contributed by atoms with Gasteiger partial charge >= 0.3 is 0 Å². The predicted octanol–water partition coefficient (Wildman–Crippen LogP) is 4.02. The first-order valence-electron chi connectivity index (χ1n) is 9.33. The largest absolute Gasteiger partial charge is 0.383 e. The lowest BCUT2D eigenvalue weighted by Crippen LogP contribution is -2.49. The number of carbonyl (C=O) groups excluding carboxylic acids is 2. The fraction of sp³-hybridized carbons (Fsp3) is 0.318. The summed E-state index contributed by atoms with van der Waals surface area (Å²) in [6.07, 6.45) is 0. The standard InChI is InChI=1S/C22H24FN3O2S/c1-14(27)19(24)17-12-26(21(28)18-5-4-10-29-18)13-22(2,3)20(17)25-11-15-6-8-16(23)9-7-15/h4-10,24-25H,11-13H2,1-3H3. The molecule has 0 saturated heterocycles. The number of nitrogens with zero attached hydrogens (tertiary/aromatic N) is 1. The normalized spacial score (nSPS) is 15.9. The van der Waals surface area contributed by atoms with Gasteiger partial charge < -0.3 is 10.2 Å². The lowest BCUT2D eigenvalue weighted by molar-refractivity contribution is -0.111. The van der Waals surface area contributed by atoms with Gasteiger partial charge in [-0.15, -0.1) is 11.3 Å². The van der Waals surface area contributed by atoms with Crippen molar-refractivity contribution in [2.45, 2.75) is 27.3 Å². The van der Waals surface area contributed by atoms with E-state index in [2.05, 4.69) is 5.32 Å². The van der Waals surface area contributed by atoms with Crippen molar-refractivity contribution in [2.24, 2.45) is 5.41 Å². The molecule has 1 aromatic heterocycles. The molecule has 1 aliphatic heterocycles. The summed E-state index contributed by atoms with van der Waals surface area (Å²) in [7, 11) is 0. The second kappa shape index (κ2) is 8.29. The quantitative estimate of drug-likeness (QED) is 0.703. The number of Topliss-reactive ketones (excluding diaryl/α,β-unsaturated/α-hetero) is 1. The number of ketones is 1. The molecule has 0 spiro atoms. The zero-order valence-corrected chi connectivity index (χ0v) is 17.5. The van der Waals surface area contributed by atoms with Crippen molar-refractivity contribution in [3.05, 3.63) is 69.3 Å². The second-order valence-corrected chi connectivity index (χ2v) is 8.73. The number of rotatable bonds is 6. The average Bonchev–Trinajstić information content (AvgIpc) is 3.20. The van der Waals surface area contributed by atoms with E-state index >= 15 is 0 Å². The van der Waals surface area contributed by atoms with Crippen molar-refractivity contribution in [3.8, 4) is 0 Å². The van der Waals surface area contributed by atoms with Gasteiger partial charge in [-0.25, -0.2) is 4.39 Å². The highest BCUT2D eigenvalue weighted by atomic mass is 32.1. The molecular weight excluding hydrogens is 389 g/mol. The first-order valence-corrected chi connectivity index (χ1v) is 10.2. The Balaban J connectivity index is 1.92. The monoisotopic (exact) mass is 413 g/mol. The summed E-state index contributed by atoms with van der Waals surface area (Å²) >= 11 is 1.38. The van der Waals surface area contributed by atoms with Crippen molar-refractivity contribution >= 4 is 28.7 Å². The van der Waals surface area contributed by atoms with Crippen LogP contribution in [0.5, 0.6) is 0 Å². The van der Waals surface area contributed by atoms with Crippen LogP contribution in [0.25, 0.3) is 0 Å². The average molecular weight is 414 g/mol. The molecule has 0 unspecified atom stereocenters. The zero-order valence-electron chi connectivity index (χ0n) is 16.7. The van der Waals surface area contributed by atoms with Gasteiger partial charge in [-0.3, -0.25) is 15.0 Å². The van der Waals surface area contributed by atoms with Gasteiger partial charge in [0.05, 0.1) is 4.88 Å². The van der Waals surface area contributed by atoms with Crippen LogP contribution < -0.4 is 5.32 Å². The van der Waals surface area contributed by atoms with E-state index in [-0.39, 0.29) is 29.8 Å². The highest BCUT2D eigenvalue weighted by Gasteiger charge is 2.38. The van der Waals surface area contributed by atoms with Crippen LogP contribution in [-0.2, 0) is 11.3 Å². The van der Waals surface area contributed by atoms with E-state index in [4.69, 9.17) is 5.41 Å². The molecule has 29 heavy (non-hydrogen) atoms. The summed E-state index contributed by atoms with van der Waals surface area (Å²) in [5, 5.41) is 13.5. The predicted molar refractivity (Wildman–Crippen MR) is 113 cm³/mol. The number of hydrogen-bond donors (Lipinski definition) is 2. The molecule has 0 bridgehead atoms. The first kappa shape index (κ1) is 20.9. The minimum atomic E-state index is -0.484. The van der Waals surface area contributed by atoms with E-state index in [1.165, 1.54) is 30.4 Å². The van der Waals surface area contributed by atoms with E-state index in [1.54, 1.807) is 23.1 Å². The van der Waals surface area contributed by atoms with Crippen LogP contribution in [0.1, 0.15) is 36.0 Å². The first-order chi connectivity index (χ1) is 13.7. The Hall–Kier alpha value is -2.80. The maximum absolute atomic E-state index is 13.2. The molecular formula is C22H24FN3O2S. The summed E-state index contributed by atoms with van der Waals surface area (Å²) in [5.74, 6) is -0.741. The Morgan fingerprint density at radius 3 is 2.52 bits per heavy atom. The van der Waals surface area contributed by atoms with Crippen LogP contribution in [0.15, 0.2) is 53.0 Å². The van der Waals surface area contributed by atoms with E-state index < -0.39 is 5.41 Å². The smallest absolute Gasteiger partial charge is 0.264 e. The fourth-order valence-electron chi connectivity index (χ4n) is 3.55. The molecule has 2 N–H and O–H groups in total. The second-order valence-electron chi connectivity index (χ2n) is 7.79. The van der Waals surface area contributed by atoms with Crippen LogP contribution in [0, 0.1) is 16.6 Å². The van der Waals surface area contributed by atoms with Crippen molar-refractivity contribution in [1.29, 1.82) is 5.41 Å². The Morgan fingerprint density at radius 1 is 1.24 bits per heavy atom. The lowest BCUT2D eigenvalue weighted by atomic mass is 9.80. The summed E-state index contributed by atoms with van der Waals surface area (Å²) in [6.45, 7) is 6.43. The number of carbonyl (C=O) groups is 2. The van der Waals surface area contributed by atoms with Crippen LogP contribution in [0.4, 0.5) is 4.39 Å². The van der Waals surface area contributed by atoms with Crippen molar-refractivity contribution in [2.75, 3.05) is 13.1 Å². The number of hydrogen-bond acceptors (Lipinski definition) is 5. The number of thiophene rings is 1. The molecule has 3 rings (SSSR count). The van der Waals surface area contributed by atoms with Gasteiger partial charge in [-0.05, 0) is 29.1 Å². The lowest BCUT2D eigenvalue weighted by Gasteiger charge is -2.42. The summed E-state index contributed by atoms with van der Waals surface area (Å²) in [6, 6.07) is 9.80. The summed E-state index contributed by atoms with van der Waals surface area (Å²) in [5.41, 5.74) is 1.62. The van der Waals surface area contributed by atoms with Gasteiger partial charge in [0.15, 0.2) is 5.78 Å². The Kier molecular flexibility index (Phi) is 5.98. The van der Waals surface area contributed by atoms with Crippen molar-refractivity contribution in [1.82, 2.24) is 10.2 Å². The third kappa shape index (κ3) is 4.62. The molecule has 5 nitrogen and oxygen atoms in total. The number of nitrogens with one attached hydrogen (secondary N) is 2. The van der Waals surface area contributed by atoms with Crippen LogP contribution in [-0.4, -0.2) is 35.4 Å². The number of amides is 1. The maximum Gasteiger partial charge on any atom is 0.264 e. The minimum absolute atomic E-state index is 0.0941. The molecule has 0 aliphatic carbocycles. The van der Waals surface area contributed by atoms with Gasteiger partial charge in [-0.1, -0.05) is 32.0 Å². The van der Waals surface area contributed by atoms with Crippen LogP contribution in [0.3, 0.4) is 0 Å². The molecule has 152 valence electrons. The van der Waals surface area contributed by atoms with Crippen LogP contribution in [0.2, 0.25) is 0 Å². The van der Waals surface area contributed by atoms with Gasteiger partial charge in [0.25, 0.3) is 5.91 Å². The van der Waals surface area contributed by atoms with Gasteiger partial charge in [0.2, 0.25) is 0 Å². The van der Waals surface area contributed by atoms with Gasteiger partial charge in [0, 0.05) is 43.2 Å². The third-order valence-electron chi connectivity index (χ3n) is 4.97. The minimum Gasteiger partial charge on any atom is -0.383 e. The molecule has 0 fully saturated rings. The molecule has 0 atom stereocenters. The number of benzene rings is 1. The van der Waals surface area contributed by atoms with Gasteiger partial charge in [0.1, 0.15) is 11.5 Å². The topological polar surface area (TPSA) is 73.3 Å². The number of halogens is 1. The fourth-order valence-corrected chi connectivity index (χ4v) is 4.24. The molecule has 2 aromatic rings. The van der Waals surface area contributed by atoms with Crippen LogP contribution >= 0.6 is 11.3 Å². The maximum atomic E-state index is 13.2. The highest BCUT2D eigenvalue weighted by molar-refractivity contribution is 7.12. The SMILES string of the molecule is CC(=O)C(=N)C1=C(NCc2ccc(F)cc2)C(C)(C)CN(C(=O)c2cccs2)C1. The summed E-state index contributed by atoms with van der Waals surface area (Å²) < 4.78 is 13.2. The Labute approximate surface area is 173 Å². The van der Waals surface area contributed by atoms with E-state index in [0.29, 0.717) is 23.5 Å². The molecule has 1 aliphatic rings. The highest BCUT2D eigenvalue weighted by Crippen LogP contribution is 2.34. The third-order valence-corrected chi connectivity index (χ3v) is 5.83. The molecule has 2 heterocycles. The van der Waals surface area contributed by atoms with Crippen molar-refractivity contribution in [3.63, 3.8) is 0 Å². The molecule has 0 radical (unpaired) electrons. The molecule has 1 aromatic carbocycles. The molecule has 0 saturated carbocycles. The Bertz CT molecular complexity index is 962. The van der Waals surface area contributed by atoms with Crippen molar-refractivity contribution < 1.29 is 14.0 Å². The molecule has 1 amide bonds.